The minimum atomic E-state index is -1.11. The lowest BCUT2D eigenvalue weighted by Crippen LogP contribution is -1.99. The standard InChI is InChI=1S/C36H18F6N2/c37-21-13-27(39)33(28(40)14-21)25-17-31(19-7-3-1-4-8-19)43-35-23(25)11-12-24-26(34-29(41)15-22(38)16-30(34)42)18-32(44-36(24)35)20-9-5-2-6-10-20/h1-18H. The highest BCUT2D eigenvalue weighted by molar-refractivity contribution is 6.13. The summed E-state index contributed by atoms with van der Waals surface area (Å²) in [5.41, 5.74) is 1.49. The minimum Gasteiger partial charge on any atom is -0.245 e. The van der Waals surface area contributed by atoms with Crippen LogP contribution in [0.15, 0.2) is 109 Å². The van der Waals surface area contributed by atoms with E-state index in [-0.39, 0.29) is 32.9 Å². The SMILES string of the molecule is Fc1cc(F)c(-c2cc(-c3ccccc3)nc3c2ccc2c(-c4c(F)cc(F)cc4F)cc(-c4ccccc4)nc23)c(F)c1. The summed E-state index contributed by atoms with van der Waals surface area (Å²) < 4.78 is 88.8. The zero-order valence-electron chi connectivity index (χ0n) is 22.6. The molecule has 0 N–H and O–H groups in total. The van der Waals surface area contributed by atoms with E-state index in [9.17, 15) is 8.78 Å². The first-order chi connectivity index (χ1) is 21.3. The third kappa shape index (κ3) is 4.65. The van der Waals surface area contributed by atoms with E-state index < -0.39 is 46.0 Å². The Labute approximate surface area is 246 Å². The Kier molecular flexibility index (Phi) is 6.62. The molecule has 44 heavy (non-hydrogen) atoms. The molecule has 0 spiro atoms. The Bertz CT molecular complexity index is 2030. The third-order valence-corrected chi connectivity index (χ3v) is 7.45. The summed E-state index contributed by atoms with van der Waals surface area (Å²) in [7, 11) is 0. The maximum Gasteiger partial charge on any atom is 0.136 e. The van der Waals surface area contributed by atoms with Crippen molar-refractivity contribution in [2.75, 3.05) is 0 Å². The van der Waals surface area contributed by atoms with E-state index in [0.717, 1.165) is 0 Å². The highest BCUT2D eigenvalue weighted by Gasteiger charge is 2.23. The fourth-order valence-electron chi connectivity index (χ4n) is 5.50. The van der Waals surface area contributed by atoms with Crippen LogP contribution in [0.25, 0.3) is 66.6 Å². The lowest BCUT2D eigenvalue weighted by atomic mass is 9.93. The Morgan fingerprint density at radius 3 is 1.07 bits per heavy atom. The van der Waals surface area contributed by atoms with Crippen molar-refractivity contribution in [3.05, 3.63) is 144 Å². The first-order valence-electron chi connectivity index (χ1n) is 13.5. The summed E-state index contributed by atoms with van der Waals surface area (Å²) >= 11 is 0. The van der Waals surface area contributed by atoms with Crippen LogP contribution < -0.4 is 0 Å². The van der Waals surface area contributed by atoms with Gasteiger partial charge in [0.15, 0.2) is 0 Å². The van der Waals surface area contributed by atoms with Gasteiger partial charge in [-0.05, 0) is 23.3 Å². The summed E-state index contributed by atoms with van der Waals surface area (Å²) in [6.45, 7) is 0. The third-order valence-electron chi connectivity index (χ3n) is 7.45. The lowest BCUT2D eigenvalue weighted by Gasteiger charge is -2.16. The highest BCUT2D eigenvalue weighted by atomic mass is 19.2. The minimum absolute atomic E-state index is 0.0818. The van der Waals surface area contributed by atoms with E-state index in [1.807, 2.05) is 0 Å². The number of benzene rings is 5. The van der Waals surface area contributed by atoms with Gasteiger partial charge in [-0.25, -0.2) is 36.3 Å². The molecule has 0 aliphatic heterocycles. The van der Waals surface area contributed by atoms with E-state index in [4.69, 9.17) is 9.97 Å². The predicted octanol–water partition coefficient (Wildman–Crippen LogP) is 10.3. The molecule has 2 nitrogen and oxygen atoms in total. The number of hydrogen-bond donors (Lipinski definition) is 0. The van der Waals surface area contributed by atoms with Crippen molar-refractivity contribution < 1.29 is 26.3 Å². The van der Waals surface area contributed by atoms with Crippen molar-refractivity contribution in [1.29, 1.82) is 0 Å². The molecule has 2 aromatic heterocycles. The van der Waals surface area contributed by atoms with E-state index >= 15 is 17.6 Å². The molecule has 8 heteroatoms. The summed E-state index contributed by atoms with van der Waals surface area (Å²) in [5, 5.41) is 0.538. The van der Waals surface area contributed by atoms with Crippen LogP contribution in [-0.4, -0.2) is 9.97 Å². The van der Waals surface area contributed by atoms with Crippen LogP contribution in [0.1, 0.15) is 0 Å². The second kappa shape index (κ2) is 10.6. The highest BCUT2D eigenvalue weighted by Crippen LogP contribution is 2.41. The lowest BCUT2D eigenvalue weighted by molar-refractivity contribution is 0.547. The molecule has 0 amide bonds. The Hall–Kier alpha value is -5.50. The zero-order valence-corrected chi connectivity index (χ0v) is 22.6. The molecule has 7 aromatic rings. The first-order valence-corrected chi connectivity index (χ1v) is 13.5. The Morgan fingerprint density at radius 2 is 0.727 bits per heavy atom. The average molecular weight is 593 g/mol. The molecule has 5 aromatic carbocycles. The number of rotatable bonds is 4. The van der Waals surface area contributed by atoms with Crippen LogP contribution in [-0.2, 0) is 0 Å². The van der Waals surface area contributed by atoms with E-state index in [0.29, 0.717) is 46.8 Å². The van der Waals surface area contributed by atoms with Gasteiger partial charge in [0, 0.05) is 46.2 Å². The van der Waals surface area contributed by atoms with Gasteiger partial charge in [0.2, 0.25) is 0 Å². The van der Waals surface area contributed by atoms with Crippen molar-refractivity contribution in [3.8, 4) is 44.8 Å². The van der Waals surface area contributed by atoms with Crippen LogP contribution in [0.4, 0.5) is 26.3 Å². The maximum atomic E-state index is 15.2. The normalized spacial score (nSPS) is 11.4. The monoisotopic (exact) mass is 592 g/mol. The van der Waals surface area contributed by atoms with Crippen molar-refractivity contribution in [2.24, 2.45) is 0 Å². The van der Waals surface area contributed by atoms with Crippen molar-refractivity contribution >= 4 is 21.8 Å². The molecular formula is C36H18F6N2. The van der Waals surface area contributed by atoms with E-state index in [2.05, 4.69) is 0 Å². The smallest absolute Gasteiger partial charge is 0.136 e. The van der Waals surface area contributed by atoms with Crippen molar-refractivity contribution in [1.82, 2.24) is 9.97 Å². The zero-order chi connectivity index (χ0) is 30.5. The van der Waals surface area contributed by atoms with Gasteiger partial charge < -0.3 is 0 Å². The summed E-state index contributed by atoms with van der Waals surface area (Å²) in [6.07, 6.45) is 0. The number of fused-ring (bicyclic) bond motifs is 3. The average Bonchev–Trinajstić information content (AvgIpc) is 3.00. The van der Waals surface area contributed by atoms with Gasteiger partial charge in [-0.15, -0.1) is 0 Å². The second-order valence-corrected chi connectivity index (χ2v) is 10.2. The summed E-state index contributed by atoms with van der Waals surface area (Å²) in [6, 6.07) is 26.1. The molecule has 0 radical (unpaired) electrons. The fraction of sp³-hybridized carbons (Fsp3) is 0. The second-order valence-electron chi connectivity index (χ2n) is 10.2. The largest absolute Gasteiger partial charge is 0.245 e. The molecule has 0 saturated carbocycles. The number of halogens is 6. The predicted molar refractivity (Wildman–Crippen MR) is 159 cm³/mol. The molecular weight excluding hydrogens is 574 g/mol. The molecule has 0 bridgehead atoms. The topological polar surface area (TPSA) is 25.8 Å². The summed E-state index contributed by atoms with van der Waals surface area (Å²) in [4.78, 5) is 9.67. The van der Waals surface area contributed by atoms with Gasteiger partial charge in [-0.2, -0.15) is 0 Å². The molecule has 0 atom stereocenters. The molecule has 0 fully saturated rings. The van der Waals surface area contributed by atoms with Gasteiger partial charge >= 0.3 is 0 Å². The van der Waals surface area contributed by atoms with E-state index in [1.54, 1.807) is 60.7 Å². The van der Waals surface area contributed by atoms with Crippen LogP contribution >= 0.6 is 0 Å². The Morgan fingerprint density at radius 1 is 0.386 bits per heavy atom. The number of aromatic nitrogens is 2. The molecule has 0 unspecified atom stereocenters. The molecule has 0 aliphatic rings. The first kappa shape index (κ1) is 27.3. The maximum absolute atomic E-state index is 15.2. The summed E-state index contributed by atoms with van der Waals surface area (Å²) in [5.74, 6) is -6.60. The molecule has 0 aliphatic carbocycles. The van der Waals surface area contributed by atoms with Crippen LogP contribution in [0.2, 0.25) is 0 Å². The van der Waals surface area contributed by atoms with Gasteiger partial charge in [-0.1, -0.05) is 72.8 Å². The number of nitrogens with zero attached hydrogens (tertiary/aromatic N) is 2. The van der Waals surface area contributed by atoms with Crippen LogP contribution in [0.3, 0.4) is 0 Å². The molecule has 214 valence electrons. The van der Waals surface area contributed by atoms with Crippen LogP contribution in [0, 0.1) is 34.9 Å². The van der Waals surface area contributed by atoms with Crippen LogP contribution in [0.5, 0.6) is 0 Å². The van der Waals surface area contributed by atoms with E-state index in [1.165, 1.54) is 24.3 Å². The van der Waals surface area contributed by atoms with Gasteiger partial charge in [0.25, 0.3) is 0 Å². The fourth-order valence-corrected chi connectivity index (χ4v) is 5.50. The van der Waals surface area contributed by atoms with Gasteiger partial charge in [0.05, 0.1) is 33.5 Å². The van der Waals surface area contributed by atoms with Gasteiger partial charge in [0.1, 0.15) is 34.9 Å². The number of pyridine rings is 2. The van der Waals surface area contributed by atoms with Crippen molar-refractivity contribution in [2.45, 2.75) is 0 Å². The molecule has 0 saturated heterocycles. The molecule has 7 rings (SSSR count). The number of hydrogen-bond acceptors (Lipinski definition) is 2. The molecule has 2 heterocycles. The Balaban J connectivity index is 1.66. The van der Waals surface area contributed by atoms with Crippen molar-refractivity contribution in [3.63, 3.8) is 0 Å². The quantitative estimate of drug-likeness (QED) is 0.150. The van der Waals surface area contributed by atoms with Gasteiger partial charge in [-0.3, -0.25) is 0 Å².